The number of hydrogen-bond donors (Lipinski definition) is 1. The molecule has 64 valence electrons. The van der Waals surface area contributed by atoms with Gasteiger partial charge in [-0.1, -0.05) is 40.2 Å². The van der Waals surface area contributed by atoms with Gasteiger partial charge in [-0.2, -0.15) is 0 Å². The molecule has 2 heteroatoms. The van der Waals surface area contributed by atoms with Crippen LogP contribution in [0.2, 0.25) is 0 Å². The number of hydrogen-bond acceptors (Lipinski definition) is 1. The molecule has 0 bridgehead atoms. The molecular formula is C10H12BrN. The third-order valence-corrected chi connectivity index (χ3v) is 2.57. The van der Waals surface area contributed by atoms with E-state index in [0.29, 0.717) is 0 Å². The van der Waals surface area contributed by atoms with Gasteiger partial charge in [-0.15, -0.1) is 6.58 Å². The van der Waals surface area contributed by atoms with E-state index in [0.717, 1.165) is 10.0 Å². The number of rotatable bonds is 2. The quantitative estimate of drug-likeness (QED) is 0.771. The van der Waals surface area contributed by atoms with Gasteiger partial charge in [0.1, 0.15) is 0 Å². The summed E-state index contributed by atoms with van der Waals surface area (Å²) in [4.78, 5) is 0. The first-order valence-electron chi connectivity index (χ1n) is 3.75. The van der Waals surface area contributed by atoms with Gasteiger partial charge in [-0.25, -0.2) is 0 Å². The zero-order chi connectivity index (χ0) is 9.19. The average Bonchev–Trinajstić information content (AvgIpc) is 2.05. The van der Waals surface area contributed by atoms with Crippen molar-refractivity contribution < 1.29 is 0 Å². The molecule has 1 aromatic rings. The Bertz CT molecular complexity index is 292. The maximum atomic E-state index is 5.99. The summed E-state index contributed by atoms with van der Waals surface area (Å²) in [5.74, 6) is 0. The van der Waals surface area contributed by atoms with Crippen molar-refractivity contribution >= 4 is 15.9 Å². The highest BCUT2D eigenvalue weighted by atomic mass is 79.9. The van der Waals surface area contributed by atoms with Crippen LogP contribution in [0.3, 0.4) is 0 Å². The lowest BCUT2D eigenvalue weighted by molar-refractivity contribution is 0.628. The van der Waals surface area contributed by atoms with E-state index >= 15 is 0 Å². The predicted octanol–water partition coefficient (Wildman–Crippen LogP) is 2.81. The predicted molar refractivity (Wildman–Crippen MR) is 55.9 cm³/mol. The van der Waals surface area contributed by atoms with E-state index < -0.39 is 5.54 Å². The van der Waals surface area contributed by atoms with Crippen LogP contribution < -0.4 is 5.73 Å². The summed E-state index contributed by atoms with van der Waals surface area (Å²) in [5, 5.41) is 0. The van der Waals surface area contributed by atoms with E-state index in [1.54, 1.807) is 6.08 Å². The molecule has 0 heterocycles. The molecule has 0 radical (unpaired) electrons. The van der Waals surface area contributed by atoms with Crippen LogP contribution in [-0.4, -0.2) is 0 Å². The Morgan fingerprint density at radius 2 is 2.08 bits per heavy atom. The fourth-order valence-corrected chi connectivity index (χ4v) is 1.72. The first-order valence-corrected chi connectivity index (χ1v) is 4.54. The van der Waals surface area contributed by atoms with Crippen LogP contribution >= 0.6 is 15.9 Å². The summed E-state index contributed by atoms with van der Waals surface area (Å²) < 4.78 is 1.02. The Labute approximate surface area is 81.4 Å². The van der Waals surface area contributed by atoms with Crippen molar-refractivity contribution in [3.05, 3.63) is 47.0 Å². The van der Waals surface area contributed by atoms with Gasteiger partial charge < -0.3 is 5.73 Å². The largest absolute Gasteiger partial charge is 0.318 e. The first-order chi connectivity index (χ1) is 5.58. The third-order valence-electron chi connectivity index (χ3n) is 1.88. The van der Waals surface area contributed by atoms with Crippen molar-refractivity contribution in [2.45, 2.75) is 12.5 Å². The van der Waals surface area contributed by atoms with Gasteiger partial charge in [0.2, 0.25) is 0 Å². The molecule has 0 fully saturated rings. The Hall–Kier alpha value is -0.600. The second kappa shape index (κ2) is 3.42. The number of benzene rings is 1. The van der Waals surface area contributed by atoms with Crippen LogP contribution in [0.1, 0.15) is 12.5 Å². The zero-order valence-electron chi connectivity index (χ0n) is 7.05. The van der Waals surface area contributed by atoms with Crippen molar-refractivity contribution in [1.29, 1.82) is 0 Å². The lowest BCUT2D eigenvalue weighted by Crippen LogP contribution is -2.30. The van der Waals surface area contributed by atoms with Crippen LogP contribution in [0.25, 0.3) is 0 Å². The van der Waals surface area contributed by atoms with Crippen molar-refractivity contribution in [1.82, 2.24) is 0 Å². The molecule has 12 heavy (non-hydrogen) atoms. The van der Waals surface area contributed by atoms with Gasteiger partial charge in [-0.3, -0.25) is 0 Å². The molecule has 1 unspecified atom stereocenters. The summed E-state index contributed by atoms with van der Waals surface area (Å²) in [6.45, 7) is 5.63. The summed E-state index contributed by atoms with van der Waals surface area (Å²) in [6.07, 6.45) is 1.74. The maximum absolute atomic E-state index is 5.99. The van der Waals surface area contributed by atoms with E-state index in [9.17, 15) is 0 Å². The average molecular weight is 226 g/mol. The van der Waals surface area contributed by atoms with E-state index in [-0.39, 0.29) is 0 Å². The molecule has 1 rings (SSSR count). The second-order valence-corrected chi connectivity index (χ2v) is 3.82. The Morgan fingerprint density at radius 3 is 2.58 bits per heavy atom. The van der Waals surface area contributed by atoms with Gasteiger partial charge >= 0.3 is 0 Å². The topological polar surface area (TPSA) is 26.0 Å². The van der Waals surface area contributed by atoms with Crippen LogP contribution in [0, 0.1) is 0 Å². The van der Waals surface area contributed by atoms with Gasteiger partial charge in [0.25, 0.3) is 0 Å². The summed E-state index contributed by atoms with van der Waals surface area (Å²) in [5.41, 5.74) is 6.59. The smallest absolute Gasteiger partial charge is 0.0575 e. The molecular weight excluding hydrogens is 214 g/mol. The molecule has 0 aliphatic rings. The molecule has 0 aliphatic heterocycles. The van der Waals surface area contributed by atoms with E-state index in [4.69, 9.17) is 5.73 Å². The highest BCUT2D eigenvalue weighted by Gasteiger charge is 2.18. The lowest BCUT2D eigenvalue weighted by atomic mass is 9.94. The van der Waals surface area contributed by atoms with Crippen LogP contribution in [0.15, 0.2) is 41.4 Å². The van der Waals surface area contributed by atoms with E-state index in [1.165, 1.54) is 0 Å². The minimum Gasteiger partial charge on any atom is -0.318 e. The van der Waals surface area contributed by atoms with Crippen molar-refractivity contribution in [2.24, 2.45) is 5.73 Å². The molecule has 0 saturated heterocycles. The molecule has 0 amide bonds. The summed E-state index contributed by atoms with van der Waals surface area (Å²) in [6, 6.07) is 7.90. The van der Waals surface area contributed by atoms with Crippen molar-refractivity contribution in [3.63, 3.8) is 0 Å². The third kappa shape index (κ3) is 1.76. The molecule has 1 nitrogen and oxygen atoms in total. The zero-order valence-corrected chi connectivity index (χ0v) is 8.64. The fourth-order valence-electron chi connectivity index (χ4n) is 1.01. The molecule has 2 N–H and O–H groups in total. The minimum absolute atomic E-state index is 0.458. The molecule has 0 aromatic heterocycles. The van der Waals surface area contributed by atoms with Crippen LogP contribution in [0.5, 0.6) is 0 Å². The fraction of sp³-hybridized carbons (Fsp3) is 0.200. The highest BCUT2D eigenvalue weighted by Crippen LogP contribution is 2.26. The minimum atomic E-state index is -0.458. The van der Waals surface area contributed by atoms with Crippen molar-refractivity contribution in [2.75, 3.05) is 0 Å². The maximum Gasteiger partial charge on any atom is 0.0575 e. The molecule has 0 saturated carbocycles. The van der Waals surface area contributed by atoms with Gasteiger partial charge in [0, 0.05) is 4.47 Å². The normalized spacial score (nSPS) is 15.2. The van der Waals surface area contributed by atoms with E-state index in [1.807, 2.05) is 31.2 Å². The standard InChI is InChI=1S/C10H12BrN/c1-3-10(2,12)8-6-4-5-7-9(8)11/h3-7H,1,12H2,2H3. The number of nitrogens with two attached hydrogens (primary N) is 1. The molecule has 1 atom stereocenters. The lowest BCUT2D eigenvalue weighted by Gasteiger charge is -2.21. The van der Waals surface area contributed by atoms with Crippen molar-refractivity contribution in [3.8, 4) is 0 Å². The Kier molecular flexibility index (Phi) is 2.70. The Balaban J connectivity index is 3.19. The first kappa shape index (κ1) is 9.49. The molecule has 0 spiro atoms. The van der Waals surface area contributed by atoms with Crippen LogP contribution in [-0.2, 0) is 5.54 Å². The van der Waals surface area contributed by atoms with Gasteiger partial charge in [0.05, 0.1) is 5.54 Å². The monoisotopic (exact) mass is 225 g/mol. The van der Waals surface area contributed by atoms with Gasteiger partial charge in [-0.05, 0) is 18.6 Å². The van der Waals surface area contributed by atoms with Gasteiger partial charge in [0.15, 0.2) is 0 Å². The Morgan fingerprint density at radius 1 is 1.50 bits per heavy atom. The SMILES string of the molecule is C=CC(C)(N)c1ccccc1Br. The van der Waals surface area contributed by atoms with Crippen LogP contribution in [0.4, 0.5) is 0 Å². The second-order valence-electron chi connectivity index (χ2n) is 2.97. The summed E-state index contributed by atoms with van der Waals surface area (Å²) in [7, 11) is 0. The highest BCUT2D eigenvalue weighted by molar-refractivity contribution is 9.10. The van der Waals surface area contributed by atoms with E-state index in [2.05, 4.69) is 22.5 Å². The summed E-state index contributed by atoms with van der Waals surface area (Å²) >= 11 is 3.45. The molecule has 0 aliphatic carbocycles. The number of halogens is 1. The molecule has 1 aromatic carbocycles.